The first-order chi connectivity index (χ1) is 9.02. The number of rotatable bonds is 4. The topological polar surface area (TPSA) is 28.2 Å². The minimum Gasteiger partial charge on any atom is -0.368 e. The molecule has 0 aromatic carbocycles. The Hall–Kier alpha value is -1.30. The minimum atomic E-state index is -4.36. The molecule has 0 aliphatic carbocycles. The molecule has 6 heteroatoms. The second kappa shape index (κ2) is 5.77. The van der Waals surface area contributed by atoms with E-state index >= 15 is 0 Å². The average molecular weight is 273 g/mol. The van der Waals surface area contributed by atoms with Crippen molar-refractivity contribution >= 4 is 5.82 Å². The van der Waals surface area contributed by atoms with Gasteiger partial charge >= 0.3 is 6.18 Å². The number of nitrogens with zero attached hydrogens (tertiary/aromatic N) is 2. The highest BCUT2D eigenvalue weighted by Crippen LogP contribution is 2.33. The van der Waals surface area contributed by atoms with Gasteiger partial charge in [-0.15, -0.1) is 0 Å². The molecule has 0 bridgehead atoms. The molecule has 106 valence electrons. The zero-order valence-corrected chi connectivity index (χ0v) is 10.9. The molecule has 1 aliphatic heterocycles. The van der Waals surface area contributed by atoms with Crippen molar-refractivity contribution in [1.82, 2.24) is 9.88 Å². The summed E-state index contributed by atoms with van der Waals surface area (Å²) in [6.07, 6.45) is -0.857. The van der Waals surface area contributed by atoms with Crippen LogP contribution in [0.3, 0.4) is 0 Å². The minimum absolute atomic E-state index is 0.0713. The highest BCUT2D eigenvalue weighted by Gasteiger charge is 2.34. The van der Waals surface area contributed by atoms with E-state index in [9.17, 15) is 13.2 Å². The summed E-state index contributed by atoms with van der Waals surface area (Å²) in [5, 5.41) is 2.85. The standard InChI is InChI=1S/C13H18F3N3/c1-2-19-8-4-5-10(19)9-18-12-11(13(14,15)16)6-3-7-17-12/h3,6-7,10H,2,4-5,8-9H2,1H3,(H,17,18). The predicted octanol–water partition coefficient (Wildman–Crippen LogP) is 3.00. The number of aromatic nitrogens is 1. The molecule has 1 unspecified atom stereocenters. The zero-order valence-electron chi connectivity index (χ0n) is 10.9. The number of nitrogens with one attached hydrogen (secondary N) is 1. The Balaban J connectivity index is 2.04. The van der Waals surface area contributed by atoms with Crippen molar-refractivity contribution in [2.24, 2.45) is 0 Å². The maximum Gasteiger partial charge on any atom is 0.419 e. The van der Waals surface area contributed by atoms with Gasteiger partial charge in [0.15, 0.2) is 0 Å². The molecule has 1 aromatic heterocycles. The number of halogens is 3. The first-order valence-electron chi connectivity index (χ1n) is 6.52. The largest absolute Gasteiger partial charge is 0.419 e. The fraction of sp³-hybridized carbons (Fsp3) is 0.615. The van der Waals surface area contributed by atoms with Crippen molar-refractivity contribution in [2.45, 2.75) is 32.0 Å². The molecule has 1 aliphatic rings. The lowest BCUT2D eigenvalue weighted by molar-refractivity contribution is -0.137. The first kappa shape index (κ1) is 14.1. The Labute approximate surface area is 110 Å². The number of likely N-dealkylation sites (tertiary alicyclic amines) is 1. The fourth-order valence-electron chi connectivity index (χ4n) is 2.53. The Morgan fingerprint density at radius 3 is 2.95 bits per heavy atom. The van der Waals surface area contributed by atoms with Crippen LogP contribution in [0.15, 0.2) is 18.3 Å². The lowest BCUT2D eigenvalue weighted by Crippen LogP contribution is -2.35. The molecule has 0 saturated carbocycles. The van der Waals surface area contributed by atoms with Crippen LogP contribution in [0, 0.1) is 0 Å². The summed E-state index contributed by atoms with van der Waals surface area (Å²) in [4.78, 5) is 6.09. The van der Waals surface area contributed by atoms with Gasteiger partial charge in [-0.05, 0) is 38.1 Å². The van der Waals surface area contributed by atoms with Crippen molar-refractivity contribution in [3.8, 4) is 0 Å². The van der Waals surface area contributed by atoms with Crippen molar-refractivity contribution in [3.05, 3.63) is 23.9 Å². The summed E-state index contributed by atoms with van der Waals surface area (Å²) >= 11 is 0. The SMILES string of the molecule is CCN1CCCC1CNc1ncccc1C(F)(F)F. The maximum absolute atomic E-state index is 12.8. The highest BCUT2D eigenvalue weighted by molar-refractivity contribution is 5.45. The molecule has 3 nitrogen and oxygen atoms in total. The van der Waals surface area contributed by atoms with Gasteiger partial charge in [0.2, 0.25) is 0 Å². The van der Waals surface area contributed by atoms with E-state index < -0.39 is 11.7 Å². The van der Waals surface area contributed by atoms with Crippen molar-refractivity contribution in [1.29, 1.82) is 0 Å². The van der Waals surface area contributed by atoms with Gasteiger partial charge in [0, 0.05) is 18.8 Å². The normalized spacial score (nSPS) is 20.7. The molecule has 0 spiro atoms. The third kappa shape index (κ3) is 3.37. The van der Waals surface area contributed by atoms with Crippen LogP contribution >= 0.6 is 0 Å². The second-order valence-corrected chi connectivity index (χ2v) is 4.70. The van der Waals surface area contributed by atoms with Gasteiger partial charge in [0.1, 0.15) is 5.82 Å². The number of likely N-dealkylation sites (N-methyl/N-ethyl adjacent to an activating group) is 1. The van der Waals surface area contributed by atoms with Gasteiger partial charge in [0.05, 0.1) is 5.56 Å². The monoisotopic (exact) mass is 273 g/mol. The molecular formula is C13H18F3N3. The average Bonchev–Trinajstić information content (AvgIpc) is 2.83. The number of hydrogen-bond donors (Lipinski definition) is 1. The van der Waals surface area contributed by atoms with Gasteiger partial charge in [-0.3, -0.25) is 4.90 Å². The van der Waals surface area contributed by atoms with Crippen molar-refractivity contribution < 1.29 is 13.2 Å². The highest BCUT2D eigenvalue weighted by atomic mass is 19.4. The van der Waals surface area contributed by atoms with E-state index in [1.807, 2.05) is 0 Å². The molecular weight excluding hydrogens is 255 g/mol. The van der Waals surface area contributed by atoms with Gasteiger partial charge in [-0.25, -0.2) is 4.98 Å². The molecule has 0 amide bonds. The van der Waals surface area contributed by atoms with Crippen LogP contribution in [-0.4, -0.2) is 35.6 Å². The van der Waals surface area contributed by atoms with Crippen LogP contribution in [0.4, 0.5) is 19.0 Å². The number of hydrogen-bond acceptors (Lipinski definition) is 3. The van der Waals surface area contributed by atoms with E-state index in [1.165, 1.54) is 12.3 Å². The molecule has 1 saturated heterocycles. The van der Waals surface area contributed by atoms with Gasteiger partial charge in [0.25, 0.3) is 0 Å². The van der Waals surface area contributed by atoms with Crippen LogP contribution < -0.4 is 5.32 Å². The zero-order chi connectivity index (χ0) is 13.9. The lowest BCUT2D eigenvalue weighted by atomic mass is 10.2. The Morgan fingerprint density at radius 1 is 1.47 bits per heavy atom. The Morgan fingerprint density at radius 2 is 2.26 bits per heavy atom. The quantitative estimate of drug-likeness (QED) is 0.914. The number of pyridine rings is 1. The van der Waals surface area contributed by atoms with Crippen LogP contribution in [0.1, 0.15) is 25.3 Å². The Bertz CT molecular complexity index is 420. The van der Waals surface area contributed by atoms with E-state index in [1.54, 1.807) is 0 Å². The summed E-state index contributed by atoms with van der Waals surface area (Å²) < 4.78 is 38.4. The lowest BCUT2D eigenvalue weighted by Gasteiger charge is -2.23. The van der Waals surface area contributed by atoms with E-state index in [0.29, 0.717) is 12.6 Å². The molecule has 19 heavy (non-hydrogen) atoms. The first-order valence-corrected chi connectivity index (χ1v) is 6.52. The predicted molar refractivity (Wildman–Crippen MR) is 68.0 cm³/mol. The van der Waals surface area contributed by atoms with Gasteiger partial charge in [-0.1, -0.05) is 6.92 Å². The van der Waals surface area contributed by atoms with Crippen LogP contribution in [0.2, 0.25) is 0 Å². The number of alkyl halides is 3. The van der Waals surface area contributed by atoms with Crippen molar-refractivity contribution in [2.75, 3.05) is 25.0 Å². The third-order valence-electron chi connectivity index (χ3n) is 3.52. The summed E-state index contributed by atoms with van der Waals surface area (Å²) in [6.45, 7) is 4.53. The summed E-state index contributed by atoms with van der Waals surface area (Å²) in [6, 6.07) is 2.66. The Kier molecular flexibility index (Phi) is 4.29. The number of anilines is 1. The molecule has 1 N–H and O–H groups in total. The maximum atomic E-state index is 12.8. The van der Waals surface area contributed by atoms with Crippen LogP contribution in [-0.2, 0) is 6.18 Å². The molecule has 1 aromatic rings. The molecule has 2 rings (SSSR count). The summed E-state index contributed by atoms with van der Waals surface area (Å²) in [5.41, 5.74) is -0.698. The van der Waals surface area contributed by atoms with E-state index in [-0.39, 0.29) is 5.82 Å². The van der Waals surface area contributed by atoms with Crippen LogP contribution in [0.5, 0.6) is 0 Å². The van der Waals surface area contributed by atoms with E-state index in [2.05, 4.69) is 22.1 Å². The summed E-state index contributed by atoms with van der Waals surface area (Å²) in [7, 11) is 0. The van der Waals surface area contributed by atoms with Crippen LogP contribution in [0.25, 0.3) is 0 Å². The fourth-order valence-corrected chi connectivity index (χ4v) is 2.53. The summed E-state index contributed by atoms with van der Waals surface area (Å²) in [5.74, 6) is -0.0713. The molecule has 0 radical (unpaired) electrons. The molecule has 1 atom stereocenters. The van der Waals surface area contributed by atoms with Gasteiger partial charge < -0.3 is 5.32 Å². The van der Waals surface area contributed by atoms with E-state index in [0.717, 1.165) is 32.0 Å². The van der Waals surface area contributed by atoms with E-state index in [4.69, 9.17) is 0 Å². The smallest absolute Gasteiger partial charge is 0.368 e. The third-order valence-corrected chi connectivity index (χ3v) is 3.52. The van der Waals surface area contributed by atoms with Gasteiger partial charge in [-0.2, -0.15) is 13.2 Å². The molecule has 2 heterocycles. The van der Waals surface area contributed by atoms with Crippen molar-refractivity contribution in [3.63, 3.8) is 0 Å². The molecule has 1 fully saturated rings. The second-order valence-electron chi connectivity index (χ2n) is 4.70.